The van der Waals surface area contributed by atoms with E-state index in [2.05, 4.69) is 59.1 Å². The fourth-order valence-electron chi connectivity index (χ4n) is 3.43. The SMILES string of the molecule is CCCc1[nH]nc(C(C)Cc2cc3n[nH]c(C(C)C)c3cn2)c1/C=C\N. The molecule has 0 saturated heterocycles. The summed E-state index contributed by atoms with van der Waals surface area (Å²) in [5, 5.41) is 16.4. The highest BCUT2D eigenvalue weighted by atomic mass is 15.1. The molecule has 0 radical (unpaired) electrons. The fourth-order valence-corrected chi connectivity index (χ4v) is 3.43. The molecule has 0 aliphatic heterocycles. The van der Waals surface area contributed by atoms with Crippen LogP contribution in [0.3, 0.4) is 0 Å². The maximum Gasteiger partial charge on any atom is 0.0957 e. The summed E-state index contributed by atoms with van der Waals surface area (Å²) < 4.78 is 0. The van der Waals surface area contributed by atoms with Gasteiger partial charge < -0.3 is 5.73 Å². The molecule has 1 atom stereocenters. The number of fused-ring (bicyclic) bond motifs is 1. The highest BCUT2D eigenvalue weighted by molar-refractivity contribution is 5.81. The molecule has 0 bridgehead atoms. The van der Waals surface area contributed by atoms with E-state index in [1.54, 1.807) is 6.20 Å². The minimum absolute atomic E-state index is 0.233. The Kier molecular flexibility index (Phi) is 5.40. The minimum Gasteiger partial charge on any atom is -0.405 e. The highest BCUT2D eigenvalue weighted by Crippen LogP contribution is 2.27. The Labute approximate surface area is 154 Å². The molecule has 138 valence electrons. The number of hydrogen-bond donors (Lipinski definition) is 3. The number of nitrogens with two attached hydrogens (primary N) is 1. The van der Waals surface area contributed by atoms with Gasteiger partial charge in [0.1, 0.15) is 0 Å². The minimum atomic E-state index is 0.233. The molecule has 3 rings (SSSR count). The van der Waals surface area contributed by atoms with Gasteiger partial charge in [0.05, 0.1) is 11.2 Å². The van der Waals surface area contributed by atoms with Gasteiger partial charge in [0, 0.05) is 40.1 Å². The van der Waals surface area contributed by atoms with Gasteiger partial charge in [-0.2, -0.15) is 10.2 Å². The van der Waals surface area contributed by atoms with E-state index < -0.39 is 0 Å². The summed E-state index contributed by atoms with van der Waals surface area (Å²) in [5.74, 6) is 0.634. The normalized spacial score (nSPS) is 13.3. The van der Waals surface area contributed by atoms with E-state index >= 15 is 0 Å². The molecule has 1 unspecified atom stereocenters. The van der Waals surface area contributed by atoms with Crippen LogP contribution in [0.15, 0.2) is 18.5 Å². The first-order valence-corrected chi connectivity index (χ1v) is 9.33. The summed E-state index contributed by atoms with van der Waals surface area (Å²) in [6.07, 6.45) is 8.30. The van der Waals surface area contributed by atoms with Crippen molar-refractivity contribution in [2.45, 2.75) is 58.8 Å². The molecule has 26 heavy (non-hydrogen) atoms. The van der Waals surface area contributed by atoms with Crippen molar-refractivity contribution in [2.24, 2.45) is 5.73 Å². The monoisotopic (exact) mass is 352 g/mol. The zero-order chi connectivity index (χ0) is 18.7. The lowest BCUT2D eigenvalue weighted by molar-refractivity contribution is 0.710. The Morgan fingerprint density at radius 3 is 2.69 bits per heavy atom. The van der Waals surface area contributed by atoms with E-state index in [0.29, 0.717) is 5.92 Å². The predicted molar refractivity (Wildman–Crippen MR) is 106 cm³/mol. The number of pyridine rings is 1. The van der Waals surface area contributed by atoms with Gasteiger partial charge >= 0.3 is 0 Å². The van der Waals surface area contributed by atoms with Crippen LogP contribution >= 0.6 is 0 Å². The summed E-state index contributed by atoms with van der Waals surface area (Å²) in [7, 11) is 0. The largest absolute Gasteiger partial charge is 0.405 e. The van der Waals surface area contributed by atoms with Gasteiger partial charge in [-0.05, 0) is 37.1 Å². The van der Waals surface area contributed by atoms with Crippen LogP contribution < -0.4 is 5.73 Å². The molecule has 3 heterocycles. The number of aromatic amines is 2. The van der Waals surface area contributed by atoms with E-state index in [9.17, 15) is 0 Å². The summed E-state index contributed by atoms with van der Waals surface area (Å²) in [4.78, 5) is 4.67. The van der Waals surface area contributed by atoms with Crippen molar-refractivity contribution < 1.29 is 0 Å². The van der Waals surface area contributed by atoms with Crippen LogP contribution in [0.2, 0.25) is 0 Å². The first-order valence-electron chi connectivity index (χ1n) is 9.33. The van der Waals surface area contributed by atoms with Crippen molar-refractivity contribution >= 4 is 17.0 Å². The zero-order valence-electron chi connectivity index (χ0n) is 16.0. The standard InChI is InChI=1S/C20H28N6/c1-5-6-17-15(7-8-21)20(26-23-17)13(4)9-14-10-18-16(11-22-14)19(12(2)3)25-24-18/h7-8,10-13H,5-6,9,21H2,1-4H3,(H,23,26)(H,24,25)/b8-7-. The first kappa shape index (κ1) is 18.2. The summed E-state index contributed by atoms with van der Waals surface area (Å²) >= 11 is 0. The second kappa shape index (κ2) is 7.72. The maximum absolute atomic E-state index is 5.65. The molecule has 0 aliphatic rings. The molecular weight excluding hydrogens is 324 g/mol. The Hall–Kier alpha value is -2.63. The molecule has 3 aromatic heterocycles. The number of nitrogens with zero attached hydrogens (tertiary/aromatic N) is 3. The smallest absolute Gasteiger partial charge is 0.0957 e. The number of nitrogens with one attached hydrogen (secondary N) is 2. The number of rotatable bonds is 7. The summed E-state index contributed by atoms with van der Waals surface area (Å²) in [6.45, 7) is 8.64. The Bertz CT molecular complexity index is 902. The van der Waals surface area contributed by atoms with E-state index in [-0.39, 0.29) is 5.92 Å². The van der Waals surface area contributed by atoms with Crippen LogP contribution in [0.4, 0.5) is 0 Å². The molecular formula is C20H28N6. The quantitative estimate of drug-likeness (QED) is 0.598. The van der Waals surface area contributed by atoms with Crippen molar-refractivity contribution in [2.75, 3.05) is 0 Å². The molecule has 0 aliphatic carbocycles. The van der Waals surface area contributed by atoms with E-state index in [1.165, 1.54) is 0 Å². The van der Waals surface area contributed by atoms with Gasteiger partial charge in [-0.25, -0.2) is 0 Å². The van der Waals surface area contributed by atoms with E-state index in [0.717, 1.165) is 58.5 Å². The highest BCUT2D eigenvalue weighted by Gasteiger charge is 2.18. The second-order valence-electron chi connectivity index (χ2n) is 7.20. The predicted octanol–water partition coefficient (Wildman–Crippen LogP) is 4.03. The lowest BCUT2D eigenvalue weighted by atomic mass is 9.95. The molecule has 0 aromatic carbocycles. The van der Waals surface area contributed by atoms with Crippen molar-refractivity contribution in [1.82, 2.24) is 25.4 Å². The van der Waals surface area contributed by atoms with Gasteiger partial charge in [-0.1, -0.05) is 34.1 Å². The van der Waals surface area contributed by atoms with Crippen molar-refractivity contribution in [3.8, 4) is 0 Å². The lowest BCUT2D eigenvalue weighted by Crippen LogP contribution is -2.03. The van der Waals surface area contributed by atoms with Gasteiger partial charge in [0.2, 0.25) is 0 Å². The molecule has 6 nitrogen and oxygen atoms in total. The average Bonchev–Trinajstić information content (AvgIpc) is 3.20. The number of aromatic nitrogens is 5. The van der Waals surface area contributed by atoms with Crippen LogP contribution in [0.25, 0.3) is 17.0 Å². The van der Waals surface area contributed by atoms with Crippen molar-refractivity contribution in [3.63, 3.8) is 0 Å². The molecule has 0 spiro atoms. The summed E-state index contributed by atoms with van der Waals surface area (Å²) in [5.41, 5.74) is 12.1. The van der Waals surface area contributed by atoms with Gasteiger partial charge in [-0.15, -0.1) is 0 Å². The first-order chi connectivity index (χ1) is 12.5. The topological polar surface area (TPSA) is 96.3 Å². The fraction of sp³-hybridized carbons (Fsp3) is 0.450. The van der Waals surface area contributed by atoms with E-state index in [4.69, 9.17) is 5.73 Å². The Balaban J connectivity index is 1.86. The van der Waals surface area contributed by atoms with Crippen LogP contribution in [0.1, 0.15) is 74.3 Å². The van der Waals surface area contributed by atoms with Gasteiger partial charge in [0.25, 0.3) is 0 Å². The molecule has 3 aromatic rings. The third kappa shape index (κ3) is 3.49. The molecule has 4 N–H and O–H groups in total. The number of aryl methyl sites for hydroxylation is 1. The molecule has 0 fully saturated rings. The van der Waals surface area contributed by atoms with Crippen molar-refractivity contribution in [1.29, 1.82) is 0 Å². The summed E-state index contributed by atoms with van der Waals surface area (Å²) in [6, 6.07) is 2.08. The van der Waals surface area contributed by atoms with E-state index in [1.807, 2.05) is 12.3 Å². The number of hydrogen-bond acceptors (Lipinski definition) is 4. The molecule has 6 heteroatoms. The van der Waals surface area contributed by atoms with Crippen LogP contribution in [0.5, 0.6) is 0 Å². The Morgan fingerprint density at radius 1 is 1.19 bits per heavy atom. The second-order valence-corrected chi connectivity index (χ2v) is 7.20. The third-order valence-electron chi connectivity index (χ3n) is 4.76. The average molecular weight is 352 g/mol. The molecule has 0 amide bonds. The third-order valence-corrected chi connectivity index (χ3v) is 4.76. The maximum atomic E-state index is 5.65. The lowest BCUT2D eigenvalue weighted by Gasteiger charge is -2.10. The van der Waals surface area contributed by atoms with Crippen molar-refractivity contribution in [3.05, 3.63) is 46.8 Å². The van der Waals surface area contributed by atoms with Gasteiger partial charge in [0.15, 0.2) is 0 Å². The van der Waals surface area contributed by atoms with Crippen LogP contribution in [-0.2, 0) is 12.8 Å². The number of H-pyrrole nitrogens is 2. The zero-order valence-corrected chi connectivity index (χ0v) is 16.0. The van der Waals surface area contributed by atoms with Gasteiger partial charge in [-0.3, -0.25) is 15.2 Å². The molecule has 0 saturated carbocycles. The van der Waals surface area contributed by atoms with Crippen LogP contribution in [-0.4, -0.2) is 25.4 Å². The Morgan fingerprint density at radius 2 is 2.00 bits per heavy atom. The van der Waals surface area contributed by atoms with Crippen LogP contribution in [0, 0.1) is 0 Å².